The molecule has 0 saturated heterocycles. The summed E-state index contributed by atoms with van der Waals surface area (Å²) >= 11 is 4.96. The van der Waals surface area contributed by atoms with Crippen molar-refractivity contribution in [1.82, 2.24) is 4.98 Å². The highest BCUT2D eigenvalue weighted by Gasteiger charge is 2.06. The van der Waals surface area contributed by atoms with Crippen LogP contribution in [0.4, 0.5) is 10.2 Å². The fourth-order valence-electron chi connectivity index (χ4n) is 1.16. The van der Waals surface area contributed by atoms with Crippen LogP contribution in [0.15, 0.2) is 16.7 Å². The second-order valence-electron chi connectivity index (χ2n) is 3.43. The third kappa shape index (κ3) is 4.38. The van der Waals surface area contributed by atoms with Gasteiger partial charge in [0.25, 0.3) is 0 Å². The zero-order chi connectivity index (χ0) is 11.3. The number of rotatable bonds is 5. The molecule has 1 atom stereocenters. The average Bonchev–Trinajstić information content (AvgIpc) is 2.17. The van der Waals surface area contributed by atoms with Gasteiger partial charge in [-0.2, -0.15) is 11.8 Å². The van der Waals surface area contributed by atoms with E-state index in [1.807, 2.05) is 0 Å². The first-order valence-electron chi connectivity index (χ1n) is 4.67. The van der Waals surface area contributed by atoms with E-state index in [-0.39, 0.29) is 5.82 Å². The Morgan fingerprint density at radius 1 is 1.67 bits per heavy atom. The molecule has 84 valence electrons. The SMILES string of the molecule is CSCC(C)CNc1ncc(Br)cc1F. The molecule has 5 heteroatoms. The minimum atomic E-state index is -0.319. The van der Waals surface area contributed by atoms with Gasteiger partial charge in [-0.05, 0) is 39.9 Å². The van der Waals surface area contributed by atoms with E-state index in [0.717, 1.165) is 12.3 Å². The van der Waals surface area contributed by atoms with Crippen LogP contribution in [0, 0.1) is 11.7 Å². The Morgan fingerprint density at radius 3 is 3.00 bits per heavy atom. The molecule has 0 spiro atoms. The molecule has 0 bridgehead atoms. The van der Waals surface area contributed by atoms with Crippen LogP contribution in [0.3, 0.4) is 0 Å². The number of thioether (sulfide) groups is 1. The van der Waals surface area contributed by atoms with Gasteiger partial charge in [0, 0.05) is 17.2 Å². The predicted octanol–water partition coefficient (Wildman–Crippen LogP) is 3.39. The van der Waals surface area contributed by atoms with Crippen molar-refractivity contribution in [2.75, 3.05) is 23.9 Å². The van der Waals surface area contributed by atoms with Crippen LogP contribution < -0.4 is 5.32 Å². The number of nitrogens with zero attached hydrogens (tertiary/aromatic N) is 1. The van der Waals surface area contributed by atoms with E-state index >= 15 is 0 Å². The van der Waals surface area contributed by atoms with Gasteiger partial charge < -0.3 is 5.32 Å². The quantitative estimate of drug-likeness (QED) is 0.900. The molecule has 0 saturated carbocycles. The summed E-state index contributed by atoms with van der Waals surface area (Å²) in [6.07, 6.45) is 3.65. The number of hydrogen-bond donors (Lipinski definition) is 1. The highest BCUT2D eigenvalue weighted by molar-refractivity contribution is 9.10. The highest BCUT2D eigenvalue weighted by atomic mass is 79.9. The Hall–Kier alpha value is -0.290. The summed E-state index contributed by atoms with van der Waals surface area (Å²) in [5.41, 5.74) is 0. The summed E-state index contributed by atoms with van der Waals surface area (Å²) in [7, 11) is 0. The number of hydrogen-bond acceptors (Lipinski definition) is 3. The van der Waals surface area contributed by atoms with E-state index in [9.17, 15) is 4.39 Å². The smallest absolute Gasteiger partial charge is 0.166 e. The van der Waals surface area contributed by atoms with Gasteiger partial charge >= 0.3 is 0 Å². The molecule has 0 radical (unpaired) electrons. The Morgan fingerprint density at radius 2 is 2.40 bits per heavy atom. The predicted molar refractivity (Wildman–Crippen MR) is 67.9 cm³/mol. The lowest BCUT2D eigenvalue weighted by Crippen LogP contribution is -2.14. The molecule has 1 unspecified atom stereocenters. The van der Waals surface area contributed by atoms with Crippen LogP contribution >= 0.6 is 27.7 Å². The topological polar surface area (TPSA) is 24.9 Å². The Balaban J connectivity index is 2.50. The molecular formula is C10H14BrFN2S. The Kier molecular flexibility index (Phi) is 5.39. The van der Waals surface area contributed by atoms with Crippen LogP contribution in [0.2, 0.25) is 0 Å². The van der Waals surface area contributed by atoms with Crippen molar-refractivity contribution in [2.45, 2.75) is 6.92 Å². The van der Waals surface area contributed by atoms with Crippen LogP contribution in [0.1, 0.15) is 6.92 Å². The van der Waals surface area contributed by atoms with Crippen molar-refractivity contribution in [3.8, 4) is 0 Å². The summed E-state index contributed by atoms with van der Waals surface area (Å²) < 4.78 is 14.0. The standard InChI is InChI=1S/C10H14BrFN2S/c1-7(6-15-2)4-13-10-9(12)3-8(11)5-14-10/h3,5,7H,4,6H2,1-2H3,(H,13,14). The Bertz CT molecular complexity index is 322. The number of anilines is 1. The molecule has 0 fully saturated rings. The van der Waals surface area contributed by atoms with Crippen LogP contribution in [-0.4, -0.2) is 23.5 Å². The second-order valence-corrected chi connectivity index (χ2v) is 5.25. The molecule has 2 nitrogen and oxygen atoms in total. The van der Waals surface area contributed by atoms with Crippen molar-refractivity contribution in [3.05, 3.63) is 22.6 Å². The summed E-state index contributed by atoms with van der Waals surface area (Å²) in [4.78, 5) is 3.97. The summed E-state index contributed by atoms with van der Waals surface area (Å²) in [6, 6.07) is 1.41. The van der Waals surface area contributed by atoms with Gasteiger partial charge in [-0.3, -0.25) is 0 Å². The lowest BCUT2D eigenvalue weighted by Gasteiger charge is -2.11. The van der Waals surface area contributed by atoms with Crippen molar-refractivity contribution in [2.24, 2.45) is 5.92 Å². The molecule has 1 rings (SSSR count). The minimum Gasteiger partial charge on any atom is -0.367 e. The molecule has 1 aromatic heterocycles. The number of aromatic nitrogens is 1. The lowest BCUT2D eigenvalue weighted by atomic mass is 10.2. The van der Waals surface area contributed by atoms with E-state index in [0.29, 0.717) is 16.2 Å². The first-order chi connectivity index (χ1) is 7.13. The zero-order valence-corrected chi connectivity index (χ0v) is 11.2. The Labute approximate surface area is 102 Å². The van der Waals surface area contributed by atoms with E-state index in [2.05, 4.69) is 39.4 Å². The van der Waals surface area contributed by atoms with Gasteiger partial charge in [0.1, 0.15) is 0 Å². The lowest BCUT2D eigenvalue weighted by molar-refractivity contribution is 0.617. The highest BCUT2D eigenvalue weighted by Crippen LogP contribution is 2.16. The van der Waals surface area contributed by atoms with Crippen molar-refractivity contribution in [1.29, 1.82) is 0 Å². The fraction of sp³-hybridized carbons (Fsp3) is 0.500. The minimum absolute atomic E-state index is 0.319. The third-order valence-electron chi connectivity index (χ3n) is 1.88. The fourth-order valence-corrected chi connectivity index (χ4v) is 2.15. The maximum absolute atomic E-state index is 13.3. The van der Waals surface area contributed by atoms with Crippen molar-refractivity contribution < 1.29 is 4.39 Å². The molecule has 0 aliphatic rings. The monoisotopic (exact) mass is 292 g/mol. The average molecular weight is 293 g/mol. The summed E-state index contributed by atoms with van der Waals surface area (Å²) in [5, 5.41) is 3.00. The molecule has 1 aromatic rings. The molecule has 1 N–H and O–H groups in total. The summed E-state index contributed by atoms with van der Waals surface area (Å²) in [5.74, 6) is 1.57. The van der Waals surface area contributed by atoms with Gasteiger partial charge in [0.15, 0.2) is 11.6 Å². The third-order valence-corrected chi connectivity index (χ3v) is 3.21. The van der Waals surface area contributed by atoms with E-state index < -0.39 is 0 Å². The molecule has 15 heavy (non-hydrogen) atoms. The molecule has 0 aliphatic heterocycles. The maximum atomic E-state index is 13.3. The van der Waals surface area contributed by atoms with Gasteiger partial charge in [0.05, 0.1) is 0 Å². The largest absolute Gasteiger partial charge is 0.367 e. The number of nitrogens with one attached hydrogen (secondary N) is 1. The molecular weight excluding hydrogens is 279 g/mol. The summed E-state index contributed by atoms with van der Waals surface area (Å²) in [6.45, 7) is 2.87. The molecule has 0 aliphatic carbocycles. The number of halogens is 2. The van der Waals surface area contributed by atoms with Crippen LogP contribution in [-0.2, 0) is 0 Å². The van der Waals surface area contributed by atoms with E-state index in [1.54, 1.807) is 18.0 Å². The van der Waals surface area contributed by atoms with Crippen LogP contribution in [0.5, 0.6) is 0 Å². The number of pyridine rings is 1. The molecule has 0 amide bonds. The normalized spacial score (nSPS) is 12.5. The van der Waals surface area contributed by atoms with Crippen LogP contribution in [0.25, 0.3) is 0 Å². The van der Waals surface area contributed by atoms with Crippen molar-refractivity contribution >= 4 is 33.5 Å². The van der Waals surface area contributed by atoms with E-state index in [4.69, 9.17) is 0 Å². The van der Waals surface area contributed by atoms with Gasteiger partial charge in [-0.1, -0.05) is 6.92 Å². The maximum Gasteiger partial charge on any atom is 0.166 e. The molecule has 0 aromatic carbocycles. The first-order valence-corrected chi connectivity index (χ1v) is 6.86. The molecule has 1 heterocycles. The van der Waals surface area contributed by atoms with E-state index in [1.165, 1.54) is 6.07 Å². The van der Waals surface area contributed by atoms with Gasteiger partial charge in [-0.25, -0.2) is 9.37 Å². The van der Waals surface area contributed by atoms with Gasteiger partial charge in [0.2, 0.25) is 0 Å². The van der Waals surface area contributed by atoms with Gasteiger partial charge in [-0.15, -0.1) is 0 Å². The zero-order valence-electron chi connectivity index (χ0n) is 8.76. The first kappa shape index (κ1) is 12.8. The van der Waals surface area contributed by atoms with Crippen molar-refractivity contribution in [3.63, 3.8) is 0 Å². The second kappa shape index (κ2) is 6.33.